The minimum absolute atomic E-state index is 0.0326. The molecule has 0 radical (unpaired) electrons. The first-order valence-corrected chi connectivity index (χ1v) is 10.8. The van der Waals surface area contributed by atoms with Gasteiger partial charge in [-0.1, -0.05) is 50.7 Å². The van der Waals surface area contributed by atoms with E-state index in [1.54, 1.807) is 18.0 Å². The second kappa shape index (κ2) is 15.3. The van der Waals surface area contributed by atoms with Crippen LogP contribution in [0.25, 0.3) is 0 Å². The Morgan fingerprint density at radius 1 is 0.767 bits per heavy atom. The highest BCUT2D eigenvalue weighted by molar-refractivity contribution is 5.94. The van der Waals surface area contributed by atoms with Crippen LogP contribution in [-0.2, 0) is 14.4 Å². The molecular formula is C23H35NO6. The number of nitrogens with zero attached hydrogens (tertiary/aromatic N) is 1. The van der Waals surface area contributed by atoms with Gasteiger partial charge in [-0.3, -0.25) is 14.4 Å². The number of benzene rings is 1. The Morgan fingerprint density at radius 2 is 1.27 bits per heavy atom. The van der Waals surface area contributed by atoms with Gasteiger partial charge >= 0.3 is 11.9 Å². The number of anilines is 1. The summed E-state index contributed by atoms with van der Waals surface area (Å²) in [6, 6.07) is 7.29. The van der Waals surface area contributed by atoms with E-state index in [1.165, 1.54) is 0 Å². The van der Waals surface area contributed by atoms with Gasteiger partial charge in [-0.25, -0.2) is 0 Å². The molecule has 7 heteroatoms. The SMILES string of the molecule is CN(C(=O)CCCCCCCCCCC(=O)O)c1ccccc1OCCCC(=O)O. The quantitative estimate of drug-likeness (QED) is 0.348. The summed E-state index contributed by atoms with van der Waals surface area (Å²) in [7, 11) is 1.74. The highest BCUT2D eigenvalue weighted by atomic mass is 16.5. The summed E-state index contributed by atoms with van der Waals surface area (Å²) in [6.07, 6.45) is 9.14. The molecule has 0 heterocycles. The maximum atomic E-state index is 12.5. The van der Waals surface area contributed by atoms with Crippen LogP contribution in [0.3, 0.4) is 0 Å². The Labute approximate surface area is 179 Å². The lowest BCUT2D eigenvalue weighted by molar-refractivity contribution is -0.138. The molecule has 168 valence electrons. The molecule has 30 heavy (non-hydrogen) atoms. The first kappa shape index (κ1) is 25.5. The molecule has 0 saturated heterocycles. The summed E-state index contributed by atoms with van der Waals surface area (Å²) in [5.74, 6) is -0.957. The normalized spacial score (nSPS) is 10.6. The number of aliphatic carboxylic acids is 2. The van der Waals surface area contributed by atoms with Gasteiger partial charge < -0.3 is 19.8 Å². The number of unbranched alkanes of at least 4 members (excludes halogenated alkanes) is 7. The first-order valence-electron chi connectivity index (χ1n) is 10.8. The lowest BCUT2D eigenvalue weighted by Gasteiger charge is -2.20. The van der Waals surface area contributed by atoms with E-state index in [-0.39, 0.29) is 18.7 Å². The Morgan fingerprint density at radius 3 is 1.87 bits per heavy atom. The van der Waals surface area contributed by atoms with Crippen LogP contribution in [0.1, 0.15) is 77.0 Å². The lowest BCUT2D eigenvalue weighted by Crippen LogP contribution is -2.26. The van der Waals surface area contributed by atoms with E-state index in [1.807, 2.05) is 18.2 Å². The fourth-order valence-electron chi connectivity index (χ4n) is 3.18. The highest BCUT2D eigenvalue weighted by Gasteiger charge is 2.15. The van der Waals surface area contributed by atoms with E-state index in [0.29, 0.717) is 30.9 Å². The molecule has 0 aliphatic heterocycles. The number of amides is 1. The van der Waals surface area contributed by atoms with Crippen molar-refractivity contribution in [3.8, 4) is 5.75 Å². The molecule has 1 amide bonds. The predicted molar refractivity (Wildman–Crippen MR) is 116 cm³/mol. The summed E-state index contributed by atoms with van der Waals surface area (Å²) < 4.78 is 5.68. The molecule has 2 N–H and O–H groups in total. The van der Waals surface area contributed by atoms with Crippen LogP contribution in [0.2, 0.25) is 0 Å². The van der Waals surface area contributed by atoms with Crippen LogP contribution < -0.4 is 9.64 Å². The minimum atomic E-state index is -0.850. The van der Waals surface area contributed by atoms with E-state index < -0.39 is 11.9 Å². The first-order chi connectivity index (χ1) is 14.4. The molecule has 0 saturated carbocycles. The second-order valence-corrected chi connectivity index (χ2v) is 7.49. The molecule has 0 atom stereocenters. The van der Waals surface area contributed by atoms with Crippen molar-refractivity contribution in [3.63, 3.8) is 0 Å². The molecule has 0 unspecified atom stereocenters. The maximum Gasteiger partial charge on any atom is 0.303 e. The van der Waals surface area contributed by atoms with Gasteiger partial charge in [0.15, 0.2) is 0 Å². The number of carbonyl (C=O) groups is 3. The zero-order chi connectivity index (χ0) is 22.2. The van der Waals surface area contributed by atoms with Crippen molar-refractivity contribution in [2.75, 3.05) is 18.6 Å². The van der Waals surface area contributed by atoms with E-state index in [0.717, 1.165) is 51.4 Å². The molecule has 0 aromatic heterocycles. The molecule has 0 fully saturated rings. The molecule has 1 aromatic rings. The van der Waals surface area contributed by atoms with Gasteiger partial charge in [-0.2, -0.15) is 0 Å². The second-order valence-electron chi connectivity index (χ2n) is 7.49. The van der Waals surface area contributed by atoms with Crippen LogP contribution in [0.4, 0.5) is 5.69 Å². The molecular weight excluding hydrogens is 386 g/mol. The van der Waals surface area contributed by atoms with Gasteiger partial charge in [0.25, 0.3) is 0 Å². The Bertz CT molecular complexity index is 661. The number of carbonyl (C=O) groups excluding carboxylic acids is 1. The summed E-state index contributed by atoms with van der Waals surface area (Å²) >= 11 is 0. The van der Waals surface area contributed by atoms with E-state index in [4.69, 9.17) is 14.9 Å². The zero-order valence-electron chi connectivity index (χ0n) is 18.0. The Kier molecular flexibility index (Phi) is 13.0. The van der Waals surface area contributed by atoms with Gasteiger partial charge in [-0.15, -0.1) is 0 Å². The summed E-state index contributed by atoms with van der Waals surface area (Å²) in [4.78, 5) is 35.2. The minimum Gasteiger partial charge on any atom is -0.491 e. The van der Waals surface area contributed by atoms with Crippen molar-refractivity contribution < 1.29 is 29.3 Å². The predicted octanol–water partition coefficient (Wildman–Crippen LogP) is 4.88. The third-order valence-corrected chi connectivity index (χ3v) is 4.92. The van der Waals surface area contributed by atoms with Crippen molar-refractivity contribution in [1.82, 2.24) is 0 Å². The van der Waals surface area contributed by atoms with E-state index in [9.17, 15) is 14.4 Å². The monoisotopic (exact) mass is 421 g/mol. The van der Waals surface area contributed by atoms with Crippen LogP contribution >= 0.6 is 0 Å². The molecule has 0 aliphatic rings. The fourth-order valence-corrected chi connectivity index (χ4v) is 3.18. The Balaban J connectivity index is 2.24. The third kappa shape index (κ3) is 11.4. The van der Waals surface area contributed by atoms with Crippen molar-refractivity contribution >= 4 is 23.5 Å². The topological polar surface area (TPSA) is 104 Å². The van der Waals surface area contributed by atoms with Gasteiger partial charge in [0.05, 0.1) is 12.3 Å². The molecule has 0 bridgehead atoms. The average Bonchev–Trinajstić information content (AvgIpc) is 2.71. The standard InChI is InChI=1S/C23H35NO6/c1-24(19-13-10-11-14-20(19)30-18-12-17-23(28)29)21(25)15-8-6-4-2-3-5-7-9-16-22(26)27/h10-11,13-14H,2-9,12,15-18H2,1H3,(H,26,27)(H,28,29). The maximum absolute atomic E-state index is 12.5. The number of rotatable bonds is 17. The van der Waals surface area contributed by atoms with Crippen LogP contribution in [0, 0.1) is 0 Å². The number of para-hydroxylation sites is 2. The van der Waals surface area contributed by atoms with Crippen LogP contribution in [0.15, 0.2) is 24.3 Å². The zero-order valence-corrected chi connectivity index (χ0v) is 18.0. The van der Waals surface area contributed by atoms with Crippen LogP contribution in [-0.4, -0.2) is 41.7 Å². The van der Waals surface area contributed by atoms with Gasteiger partial charge in [0.1, 0.15) is 5.75 Å². The van der Waals surface area contributed by atoms with E-state index in [2.05, 4.69) is 0 Å². The molecule has 1 rings (SSSR count). The number of hydrogen-bond donors (Lipinski definition) is 2. The third-order valence-electron chi connectivity index (χ3n) is 4.92. The van der Waals surface area contributed by atoms with Crippen molar-refractivity contribution in [1.29, 1.82) is 0 Å². The van der Waals surface area contributed by atoms with Gasteiger partial charge in [0.2, 0.25) is 5.91 Å². The molecule has 0 spiro atoms. The highest BCUT2D eigenvalue weighted by Crippen LogP contribution is 2.28. The molecule has 1 aromatic carbocycles. The number of ether oxygens (including phenoxy) is 1. The largest absolute Gasteiger partial charge is 0.491 e. The Hall–Kier alpha value is -2.57. The van der Waals surface area contributed by atoms with Gasteiger partial charge in [0, 0.05) is 26.3 Å². The number of hydrogen-bond acceptors (Lipinski definition) is 4. The summed E-state index contributed by atoms with van der Waals surface area (Å²) in [5.41, 5.74) is 0.694. The molecule has 0 aliphatic carbocycles. The number of carboxylic acid groups (broad SMARTS) is 2. The lowest BCUT2D eigenvalue weighted by atomic mass is 10.1. The summed E-state index contributed by atoms with van der Waals surface area (Å²) in [5, 5.41) is 17.3. The van der Waals surface area contributed by atoms with E-state index >= 15 is 0 Å². The van der Waals surface area contributed by atoms with Crippen molar-refractivity contribution in [2.45, 2.75) is 77.0 Å². The molecule has 7 nitrogen and oxygen atoms in total. The summed E-state index contributed by atoms with van der Waals surface area (Å²) in [6.45, 7) is 0.293. The number of carboxylic acids is 2. The fraction of sp³-hybridized carbons (Fsp3) is 0.609. The van der Waals surface area contributed by atoms with Gasteiger partial charge in [-0.05, 0) is 31.4 Å². The average molecular weight is 422 g/mol. The van der Waals surface area contributed by atoms with Crippen molar-refractivity contribution in [3.05, 3.63) is 24.3 Å². The smallest absolute Gasteiger partial charge is 0.303 e. The van der Waals surface area contributed by atoms with Crippen LogP contribution in [0.5, 0.6) is 5.75 Å². The van der Waals surface area contributed by atoms with Crippen molar-refractivity contribution in [2.24, 2.45) is 0 Å².